The summed E-state index contributed by atoms with van der Waals surface area (Å²) in [7, 11) is 0. The van der Waals surface area contributed by atoms with Gasteiger partial charge in [-0.2, -0.15) is 5.10 Å². The van der Waals surface area contributed by atoms with Gasteiger partial charge >= 0.3 is 0 Å². The summed E-state index contributed by atoms with van der Waals surface area (Å²) in [5, 5.41) is 16.8. The molecule has 128 valence electrons. The molecule has 0 aliphatic carbocycles. The van der Waals surface area contributed by atoms with E-state index in [0.717, 1.165) is 48.7 Å². The molecule has 6 nitrogen and oxygen atoms in total. The number of aromatic nitrogens is 2. The zero-order valence-corrected chi connectivity index (χ0v) is 14.2. The molecule has 0 unspecified atom stereocenters. The number of hydrogen-bond acceptors (Lipinski definition) is 4. The summed E-state index contributed by atoms with van der Waals surface area (Å²) >= 11 is 0. The Morgan fingerprint density at radius 2 is 1.92 bits per heavy atom. The van der Waals surface area contributed by atoms with Crippen LogP contribution in [0.2, 0.25) is 0 Å². The highest BCUT2D eigenvalue weighted by Crippen LogP contribution is 2.22. The second-order valence-corrected chi connectivity index (χ2v) is 6.40. The van der Waals surface area contributed by atoms with Crippen molar-refractivity contribution in [3.05, 3.63) is 41.7 Å². The number of hydrogen-bond donors (Lipinski definition) is 2. The monoisotopic (exact) mass is 328 g/mol. The third-order valence-corrected chi connectivity index (χ3v) is 4.38. The average Bonchev–Trinajstić information content (AvgIpc) is 2.86. The van der Waals surface area contributed by atoms with Gasteiger partial charge in [-0.05, 0) is 57.0 Å². The van der Waals surface area contributed by atoms with E-state index in [4.69, 9.17) is 0 Å². The van der Waals surface area contributed by atoms with Crippen molar-refractivity contribution in [2.75, 3.05) is 23.3 Å². The standard InChI is InChI=1S/C18H24N4O2/c1-13-11-14(2)22(20-13)12-18(24)19-15-3-5-16(6-4-15)21-9-7-17(23)8-10-21/h3-6,11,17,23H,7-10,12H2,1-2H3,(H,19,24). The van der Waals surface area contributed by atoms with Gasteiger partial charge in [0.25, 0.3) is 0 Å². The van der Waals surface area contributed by atoms with Crippen molar-refractivity contribution in [1.82, 2.24) is 9.78 Å². The van der Waals surface area contributed by atoms with Crippen LogP contribution in [0.1, 0.15) is 24.2 Å². The predicted molar refractivity (Wildman–Crippen MR) is 94.2 cm³/mol. The van der Waals surface area contributed by atoms with Gasteiger partial charge in [-0.25, -0.2) is 0 Å². The molecular formula is C18H24N4O2. The Morgan fingerprint density at radius 3 is 2.50 bits per heavy atom. The summed E-state index contributed by atoms with van der Waals surface area (Å²) in [4.78, 5) is 14.4. The fourth-order valence-electron chi connectivity index (χ4n) is 3.05. The van der Waals surface area contributed by atoms with E-state index in [2.05, 4.69) is 15.3 Å². The first kappa shape index (κ1) is 16.5. The number of benzene rings is 1. The average molecular weight is 328 g/mol. The molecule has 1 aliphatic rings. The number of aliphatic hydroxyl groups is 1. The Labute approximate surface area is 142 Å². The van der Waals surface area contributed by atoms with Gasteiger partial charge in [0, 0.05) is 30.2 Å². The Hall–Kier alpha value is -2.34. The fraction of sp³-hybridized carbons (Fsp3) is 0.444. The van der Waals surface area contributed by atoms with E-state index < -0.39 is 0 Å². The van der Waals surface area contributed by atoms with Crippen molar-refractivity contribution in [1.29, 1.82) is 0 Å². The van der Waals surface area contributed by atoms with E-state index in [9.17, 15) is 9.90 Å². The number of carbonyl (C=O) groups is 1. The fourth-order valence-corrected chi connectivity index (χ4v) is 3.05. The number of amides is 1. The minimum atomic E-state index is -0.172. The van der Waals surface area contributed by atoms with Gasteiger partial charge in [-0.15, -0.1) is 0 Å². The third kappa shape index (κ3) is 3.94. The lowest BCUT2D eigenvalue weighted by molar-refractivity contribution is -0.116. The maximum absolute atomic E-state index is 12.2. The molecule has 1 aliphatic heterocycles. The molecule has 24 heavy (non-hydrogen) atoms. The number of carbonyl (C=O) groups excluding carboxylic acids is 1. The highest BCUT2D eigenvalue weighted by Gasteiger charge is 2.17. The van der Waals surface area contributed by atoms with E-state index >= 15 is 0 Å². The first-order chi connectivity index (χ1) is 11.5. The quantitative estimate of drug-likeness (QED) is 0.902. The molecule has 1 fully saturated rings. The van der Waals surface area contributed by atoms with Crippen molar-refractivity contribution in [2.45, 2.75) is 39.3 Å². The van der Waals surface area contributed by atoms with Crippen LogP contribution >= 0.6 is 0 Å². The number of piperidine rings is 1. The summed E-state index contributed by atoms with van der Waals surface area (Å²) < 4.78 is 1.71. The minimum Gasteiger partial charge on any atom is -0.393 e. The largest absolute Gasteiger partial charge is 0.393 e. The van der Waals surface area contributed by atoms with Gasteiger partial charge in [-0.1, -0.05) is 0 Å². The van der Waals surface area contributed by atoms with E-state index in [-0.39, 0.29) is 18.6 Å². The lowest BCUT2D eigenvalue weighted by atomic mass is 10.1. The van der Waals surface area contributed by atoms with Crippen LogP contribution in [0.5, 0.6) is 0 Å². The van der Waals surface area contributed by atoms with Crippen molar-refractivity contribution in [2.24, 2.45) is 0 Å². The summed E-state index contributed by atoms with van der Waals surface area (Å²) in [5.41, 5.74) is 3.79. The highest BCUT2D eigenvalue weighted by molar-refractivity contribution is 5.90. The smallest absolute Gasteiger partial charge is 0.246 e. The lowest BCUT2D eigenvalue weighted by Crippen LogP contribution is -2.35. The van der Waals surface area contributed by atoms with Crippen LogP contribution in [0.25, 0.3) is 0 Å². The second-order valence-electron chi connectivity index (χ2n) is 6.40. The first-order valence-electron chi connectivity index (χ1n) is 8.35. The minimum absolute atomic E-state index is 0.0879. The Kier molecular flexibility index (Phi) is 4.85. The Morgan fingerprint density at radius 1 is 1.25 bits per heavy atom. The molecule has 0 radical (unpaired) electrons. The molecule has 1 aromatic heterocycles. The van der Waals surface area contributed by atoms with Crippen LogP contribution < -0.4 is 10.2 Å². The van der Waals surface area contributed by atoms with Crippen LogP contribution in [-0.4, -0.2) is 40.0 Å². The number of nitrogens with zero attached hydrogens (tertiary/aromatic N) is 3. The summed E-state index contributed by atoms with van der Waals surface area (Å²) in [6.07, 6.45) is 1.44. The molecule has 0 atom stereocenters. The summed E-state index contributed by atoms with van der Waals surface area (Å²) in [6, 6.07) is 9.81. The molecule has 1 saturated heterocycles. The molecule has 3 rings (SSSR count). The Balaban J connectivity index is 1.57. The van der Waals surface area contributed by atoms with Gasteiger partial charge < -0.3 is 15.3 Å². The summed E-state index contributed by atoms with van der Waals surface area (Å²) in [6.45, 7) is 5.80. The highest BCUT2D eigenvalue weighted by atomic mass is 16.3. The van der Waals surface area contributed by atoms with Crippen LogP contribution in [0.15, 0.2) is 30.3 Å². The number of anilines is 2. The van der Waals surface area contributed by atoms with E-state index in [0.29, 0.717) is 0 Å². The molecule has 6 heteroatoms. The van der Waals surface area contributed by atoms with Crippen molar-refractivity contribution >= 4 is 17.3 Å². The van der Waals surface area contributed by atoms with Crippen molar-refractivity contribution in [3.8, 4) is 0 Å². The number of aryl methyl sites for hydroxylation is 2. The molecule has 0 bridgehead atoms. The van der Waals surface area contributed by atoms with Crippen LogP contribution in [-0.2, 0) is 11.3 Å². The molecule has 2 N–H and O–H groups in total. The number of nitrogens with one attached hydrogen (secondary N) is 1. The van der Waals surface area contributed by atoms with E-state index in [1.807, 2.05) is 44.2 Å². The number of aliphatic hydroxyl groups excluding tert-OH is 1. The van der Waals surface area contributed by atoms with Gasteiger partial charge in [0.05, 0.1) is 11.8 Å². The topological polar surface area (TPSA) is 70.4 Å². The maximum Gasteiger partial charge on any atom is 0.246 e. The molecule has 0 saturated carbocycles. The van der Waals surface area contributed by atoms with Gasteiger partial charge in [-0.3, -0.25) is 9.48 Å². The lowest BCUT2D eigenvalue weighted by Gasteiger charge is -2.31. The normalized spacial score (nSPS) is 15.5. The van der Waals surface area contributed by atoms with Crippen LogP contribution in [0, 0.1) is 13.8 Å². The summed E-state index contributed by atoms with van der Waals surface area (Å²) in [5.74, 6) is -0.0879. The molecule has 1 aromatic carbocycles. The van der Waals surface area contributed by atoms with Crippen molar-refractivity contribution < 1.29 is 9.90 Å². The van der Waals surface area contributed by atoms with Gasteiger partial charge in [0.1, 0.15) is 6.54 Å². The second kappa shape index (κ2) is 7.05. The third-order valence-electron chi connectivity index (χ3n) is 4.38. The zero-order valence-electron chi connectivity index (χ0n) is 14.2. The number of rotatable bonds is 4. The SMILES string of the molecule is Cc1cc(C)n(CC(=O)Nc2ccc(N3CCC(O)CC3)cc2)n1. The maximum atomic E-state index is 12.2. The van der Waals surface area contributed by atoms with Crippen molar-refractivity contribution in [3.63, 3.8) is 0 Å². The first-order valence-corrected chi connectivity index (χ1v) is 8.35. The van der Waals surface area contributed by atoms with Crippen LogP contribution in [0.3, 0.4) is 0 Å². The molecule has 1 amide bonds. The van der Waals surface area contributed by atoms with Gasteiger partial charge in [0.15, 0.2) is 0 Å². The molecule has 0 spiro atoms. The zero-order chi connectivity index (χ0) is 17.1. The predicted octanol–water partition coefficient (Wildman–Crippen LogP) is 2.10. The molecule has 2 heterocycles. The van der Waals surface area contributed by atoms with E-state index in [1.54, 1.807) is 4.68 Å². The Bertz CT molecular complexity index is 700. The van der Waals surface area contributed by atoms with Crippen LogP contribution in [0.4, 0.5) is 11.4 Å². The van der Waals surface area contributed by atoms with Gasteiger partial charge in [0.2, 0.25) is 5.91 Å². The molecule has 2 aromatic rings. The van der Waals surface area contributed by atoms with E-state index in [1.165, 1.54) is 0 Å². The molecular weight excluding hydrogens is 304 g/mol.